The van der Waals surface area contributed by atoms with E-state index in [-0.39, 0.29) is 17.7 Å². The van der Waals surface area contributed by atoms with Gasteiger partial charge in [0, 0.05) is 51.2 Å². The van der Waals surface area contributed by atoms with E-state index in [2.05, 4.69) is 10.00 Å². The lowest BCUT2D eigenvalue weighted by Gasteiger charge is -2.38. The number of carbonyl (C=O) groups excluding carboxylic acids is 1. The van der Waals surface area contributed by atoms with Gasteiger partial charge in [0.2, 0.25) is 5.91 Å². The molecule has 8 nitrogen and oxygen atoms in total. The number of nitrogens with zero attached hydrogens (tertiary/aromatic N) is 5. The molecule has 1 atom stereocenters. The minimum absolute atomic E-state index is 0.138. The van der Waals surface area contributed by atoms with Crippen LogP contribution in [0, 0.1) is 0 Å². The monoisotopic (exact) mass is 369 g/mol. The van der Waals surface area contributed by atoms with E-state index in [0.29, 0.717) is 25.4 Å². The molecule has 1 aromatic heterocycles. The molecule has 1 amide bonds. The van der Waals surface area contributed by atoms with E-state index in [4.69, 9.17) is 0 Å². The molecule has 25 heavy (non-hydrogen) atoms. The van der Waals surface area contributed by atoms with Gasteiger partial charge in [-0.3, -0.25) is 19.3 Å². The van der Waals surface area contributed by atoms with Gasteiger partial charge in [-0.05, 0) is 19.5 Å². The average Bonchev–Trinajstić information content (AvgIpc) is 3.22. The van der Waals surface area contributed by atoms with Gasteiger partial charge < -0.3 is 4.90 Å². The summed E-state index contributed by atoms with van der Waals surface area (Å²) >= 11 is 0. The number of sulfone groups is 1. The van der Waals surface area contributed by atoms with E-state index in [1.807, 2.05) is 33.8 Å². The summed E-state index contributed by atoms with van der Waals surface area (Å²) in [7, 11) is -0.906. The number of hydrogen-bond donors (Lipinski definition) is 0. The van der Waals surface area contributed by atoms with Crippen molar-refractivity contribution in [3.05, 3.63) is 18.5 Å². The van der Waals surface area contributed by atoms with Gasteiger partial charge in [-0.25, -0.2) is 8.42 Å². The minimum Gasteiger partial charge on any atom is -0.339 e. The summed E-state index contributed by atoms with van der Waals surface area (Å²) in [6.45, 7) is 4.84. The maximum Gasteiger partial charge on any atom is 0.236 e. The first-order valence-corrected chi connectivity index (χ1v) is 10.6. The molecule has 9 heteroatoms. The molecule has 0 saturated carbocycles. The number of likely N-dealkylation sites (N-methyl/N-ethyl adjacent to an activating group) is 1. The van der Waals surface area contributed by atoms with Gasteiger partial charge in [0.15, 0.2) is 9.84 Å². The van der Waals surface area contributed by atoms with Crippen LogP contribution in [0.5, 0.6) is 0 Å². The lowest BCUT2D eigenvalue weighted by Crippen LogP contribution is -2.53. The summed E-state index contributed by atoms with van der Waals surface area (Å²) in [5.41, 5.74) is 0. The Labute approximate surface area is 149 Å². The van der Waals surface area contributed by atoms with Crippen LogP contribution in [0.15, 0.2) is 18.5 Å². The predicted octanol–water partition coefficient (Wildman–Crippen LogP) is -0.854. The molecule has 0 unspecified atom stereocenters. The van der Waals surface area contributed by atoms with E-state index in [0.717, 1.165) is 32.6 Å². The number of carbonyl (C=O) groups is 1. The molecular formula is C16H27N5O3S. The fourth-order valence-electron chi connectivity index (χ4n) is 3.52. The Bertz CT molecular complexity index is 668. The second-order valence-electron chi connectivity index (χ2n) is 6.98. The van der Waals surface area contributed by atoms with Crippen LogP contribution in [0.4, 0.5) is 0 Å². The zero-order chi connectivity index (χ0) is 17.9. The number of aromatic nitrogens is 2. The smallest absolute Gasteiger partial charge is 0.236 e. The SMILES string of the molecule is CN(CCn1cccn1)CC(=O)N1CCN([C@@H]2CCS(=O)(=O)C2)CC1. The molecular weight excluding hydrogens is 342 g/mol. The van der Waals surface area contributed by atoms with Crippen molar-refractivity contribution < 1.29 is 13.2 Å². The Balaban J connectivity index is 1.39. The minimum atomic E-state index is -2.85. The van der Waals surface area contributed by atoms with Gasteiger partial charge in [-0.15, -0.1) is 0 Å². The average molecular weight is 369 g/mol. The Morgan fingerprint density at radius 2 is 2.04 bits per heavy atom. The van der Waals surface area contributed by atoms with E-state index < -0.39 is 9.84 Å². The molecule has 3 rings (SSSR count). The highest BCUT2D eigenvalue weighted by atomic mass is 32.2. The van der Waals surface area contributed by atoms with E-state index in [1.165, 1.54) is 0 Å². The zero-order valence-corrected chi connectivity index (χ0v) is 15.6. The highest BCUT2D eigenvalue weighted by Crippen LogP contribution is 2.19. The van der Waals surface area contributed by atoms with Crippen LogP contribution in [0.2, 0.25) is 0 Å². The van der Waals surface area contributed by atoms with Crippen molar-refractivity contribution in [2.45, 2.75) is 19.0 Å². The number of rotatable bonds is 6. The molecule has 2 aliphatic heterocycles. The van der Waals surface area contributed by atoms with E-state index >= 15 is 0 Å². The first-order valence-electron chi connectivity index (χ1n) is 8.81. The summed E-state index contributed by atoms with van der Waals surface area (Å²) in [6, 6.07) is 2.03. The van der Waals surface area contributed by atoms with Crippen LogP contribution in [0.25, 0.3) is 0 Å². The van der Waals surface area contributed by atoms with Crippen LogP contribution in [0.3, 0.4) is 0 Å². The van der Waals surface area contributed by atoms with Gasteiger partial charge in [0.1, 0.15) is 0 Å². The van der Waals surface area contributed by atoms with Crippen LogP contribution in [-0.4, -0.2) is 103 Å². The maximum atomic E-state index is 12.4. The Morgan fingerprint density at radius 3 is 2.64 bits per heavy atom. The predicted molar refractivity (Wildman–Crippen MR) is 94.9 cm³/mol. The van der Waals surface area contributed by atoms with Crippen molar-refractivity contribution in [1.29, 1.82) is 0 Å². The summed E-state index contributed by atoms with van der Waals surface area (Å²) in [5.74, 6) is 0.719. The van der Waals surface area contributed by atoms with Gasteiger partial charge in [0.25, 0.3) is 0 Å². The summed E-state index contributed by atoms with van der Waals surface area (Å²) < 4.78 is 25.1. The largest absolute Gasteiger partial charge is 0.339 e. The molecule has 0 spiro atoms. The van der Waals surface area contributed by atoms with Crippen molar-refractivity contribution in [3.8, 4) is 0 Å². The highest BCUT2D eigenvalue weighted by Gasteiger charge is 2.34. The normalized spacial score (nSPS) is 24.1. The molecule has 3 heterocycles. The second-order valence-corrected chi connectivity index (χ2v) is 9.21. The molecule has 0 bridgehead atoms. The molecule has 0 aromatic carbocycles. The third-order valence-corrected chi connectivity index (χ3v) is 6.82. The van der Waals surface area contributed by atoms with Crippen LogP contribution >= 0.6 is 0 Å². The van der Waals surface area contributed by atoms with Crippen molar-refractivity contribution in [3.63, 3.8) is 0 Å². The molecule has 0 radical (unpaired) electrons. The van der Waals surface area contributed by atoms with Crippen molar-refractivity contribution in [2.75, 3.05) is 57.8 Å². The van der Waals surface area contributed by atoms with Crippen molar-refractivity contribution in [1.82, 2.24) is 24.5 Å². The topological polar surface area (TPSA) is 78.8 Å². The third kappa shape index (κ3) is 5.02. The Morgan fingerprint density at radius 1 is 1.28 bits per heavy atom. The Hall–Kier alpha value is -1.45. The van der Waals surface area contributed by atoms with Crippen LogP contribution in [0.1, 0.15) is 6.42 Å². The van der Waals surface area contributed by atoms with Crippen LogP contribution < -0.4 is 0 Å². The molecule has 0 aliphatic carbocycles. The second kappa shape index (κ2) is 7.84. The standard InChI is InChI=1S/C16H27N5O3S/c1-18(6-11-21-5-2-4-17-21)13-16(22)20-9-7-19(8-10-20)15-3-12-25(23,24)14-15/h2,4-5,15H,3,6-14H2,1H3/t15-/m1/s1. The fraction of sp³-hybridized carbons (Fsp3) is 0.750. The van der Waals surface area contributed by atoms with E-state index in [9.17, 15) is 13.2 Å². The first-order chi connectivity index (χ1) is 11.9. The van der Waals surface area contributed by atoms with Gasteiger partial charge in [-0.1, -0.05) is 0 Å². The quantitative estimate of drug-likeness (QED) is 0.650. The van der Waals surface area contributed by atoms with Crippen LogP contribution in [-0.2, 0) is 21.2 Å². The van der Waals surface area contributed by atoms with Gasteiger partial charge in [0.05, 0.1) is 24.6 Å². The molecule has 2 fully saturated rings. The summed E-state index contributed by atoms with van der Waals surface area (Å²) in [4.78, 5) is 18.6. The third-order valence-electron chi connectivity index (χ3n) is 5.07. The van der Waals surface area contributed by atoms with Crippen molar-refractivity contribution >= 4 is 15.7 Å². The van der Waals surface area contributed by atoms with E-state index in [1.54, 1.807) is 6.20 Å². The molecule has 0 N–H and O–H groups in total. The zero-order valence-electron chi connectivity index (χ0n) is 14.7. The van der Waals surface area contributed by atoms with Gasteiger partial charge in [-0.2, -0.15) is 5.10 Å². The summed E-state index contributed by atoms with van der Waals surface area (Å²) in [5, 5.41) is 4.16. The molecule has 1 aromatic rings. The lowest BCUT2D eigenvalue weighted by atomic mass is 10.2. The number of amides is 1. The number of hydrogen-bond acceptors (Lipinski definition) is 6. The highest BCUT2D eigenvalue weighted by molar-refractivity contribution is 7.91. The molecule has 2 aliphatic rings. The van der Waals surface area contributed by atoms with Crippen molar-refractivity contribution in [2.24, 2.45) is 0 Å². The first kappa shape index (κ1) is 18.3. The Kier molecular flexibility index (Phi) is 5.75. The maximum absolute atomic E-state index is 12.4. The molecule has 140 valence electrons. The number of piperazine rings is 1. The summed E-state index contributed by atoms with van der Waals surface area (Å²) in [6.07, 6.45) is 4.39. The fourth-order valence-corrected chi connectivity index (χ4v) is 5.28. The lowest BCUT2D eigenvalue weighted by molar-refractivity contribution is -0.134. The van der Waals surface area contributed by atoms with Gasteiger partial charge >= 0.3 is 0 Å². The molecule has 2 saturated heterocycles.